The van der Waals surface area contributed by atoms with E-state index in [9.17, 15) is 4.79 Å². The van der Waals surface area contributed by atoms with Crippen molar-refractivity contribution >= 4 is 50.3 Å². The molecule has 6 rings (SSSR count). The minimum absolute atomic E-state index is 0.279. The van der Waals surface area contributed by atoms with Crippen molar-refractivity contribution in [1.29, 1.82) is 0 Å². The van der Waals surface area contributed by atoms with Gasteiger partial charge < -0.3 is 0 Å². The van der Waals surface area contributed by atoms with Gasteiger partial charge in [-0.1, -0.05) is 60.7 Å². The number of aromatic nitrogens is 2. The molecule has 0 atom stereocenters. The van der Waals surface area contributed by atoms with Crippen LogP contribution in [0.1, 0.15) is 27.2 Å². The average Bonchev–Trinajstić information content (AvgIpc) is 3.23. The van der Waals surface area contributed by atoms with Crippen LogP contribution < -0.4 is 5.43 Å². The number of carbonyl (C=O) groups is 1. The van der Waals surface area contributed by atoms with Crippen LogP contribution >= 0.6 is 0 Å². The van der Waals surface area contributed by atoms with Crippen LogP contribution in [0.15, 0.2) is 90.0 Å². The fourth-order valence-electron chi connectivity index (χ4n) is 4.86. The number of imidazole rings is 1. The maximum Gasteiger partial charge on any atom is 0.275 e. The molecule has 164 valence electrons. The molecule has 0 aliphatic carbocycles. The number of nitrogens with zero attached hydrogens (tertiary/aromatic N) is 3. The topological polar surface area (TPSA) is 58.8 Å². The molecule has 0 aliphatic heterocycles. The average molecular weight is 443 g/mol. The fourth-order valence-corrected chi connectivity index (χ4v) is 4.86. The fraction of sp³-hybridized carbons (Fsp3) is 0.0690. The second kappa shape index (κ2) is 7.81. The number of nitrogens with one attached hydrogen (secondary N) is 1. The number of benzene rings is 4. The zero-order valence-corrected chi connectivity index (χ0v) is 18.9. The molecule has 0 spiro atoms. The molecule has 4 aromatic carbocycles. The van der Waals surface area contributed by atoms with Gasteiger partial charge >= 0.3 is 0 Å². The second-order valence-corrected chi connectivity index (χ2v) is 8.53. The van der Waals surface area contributed by atoms with E-state index >= 15 is 0 Å². The van der Waals surface area contributed by atoms with Crippen LogP contribution in [-0.4, -0.2) is 21.5 Å². The Labute approximate surface area is 196 Å². The maximum atomic E-state index is 13.3. The van der Waals surface area contributed by atoms with Crippen LogP contribution in [0.5, 0.6) is 0 Å². The first-order valence-electron chi connectivity index (χ1n) is 11.2. The molecule has 0 bridgehead atoms. The normalized spacial score (nSPS) is 11.8. The van der Waals surface area contributed by atoms with E-state index < -0.39 is 0 Å². The summed E-state index contributed by atoms with van der Waals surface area (Å²) in [6.07, 6.45) is 1.74. The van der Waals surface area contributed by atoms with Crippen molar-refractivity contribution in [1.82, 2.24) is 14.8 Å². The number of hydrogen-bond donors (Lipinski definition) is 1. The molecule has 1 amide bonds. The van der Waals surface area contributed by atoms with Crippen LogP contribution in [0.3, 0.4) is 0 Å². The number of amides is 1. The molecule has 2 heterocycles. The van der Waals surface area contributed by atoms with E-state index in [1.54, 1.807) is 6.21 Å². The lowest BCUT2D eigenvalue weighted by Crippen LogP contribution is -2.20. The van der Waals surface area contributed by atoms with Crippen LogP contribution in [0, 0.1) is 13.8 Å². The summed E-state index contributed by atoms with van der Waals surface area (Å²) >= 11 is 0. The molecule has 0 unspecified atom stereocenters. The number of carbonyl (C=O) groups excluding carboxylic acids is 1. The molecule has 6 aromatic rings. The minimum Gasteiger partial charge on any atom is -0.296 e. The summed E-state index contributed by atoms with van der Waals surface area (Å²) in [5.41, 5.74) is 8.63. The van der Waals surface area contributed by atoms with Gasteiger partial charge in [0.15, 0.2) is 5.65 Å². The Balaban J connectivity index is 1.43. The van der Waals surface area contributed by atoms with Gasteiger partial charge in [0.05, 0.1) is 22.8 Å². The van der Waals surface area contributed by atoms with Crippen LogP contribution in [0.4, 0.5) is 0 Å². The summed E-state index contributed by atoms with van der Waals surface area (Å²) in [6, 6.07) is 28.5. The van der Waals surface area contributed by atoms with Crippen LogP contribution in [-0.2, 0) is 0 Å². The first-order valence-corrected chi connectivity index (χ1v) is 11.2. The molecule has 1 N–H and O–H groups in total. The third-order valence-corrected chi connectivity index (χ3v) is 6.36. The number of hydrazone groups is 1. The van der Waals surface area contributed by atoms with E-state index in [1.165, 1.54) is 0 Å². The van der Waals surface area contributed by atoms with Crippen molar-refractivity contribution in [3.8, 4) is 0 Å². The summed E-state index contributed by atoms with van der Waals surface area (Å²) in [5, 5.41) is 8.83. The minimum atomic E-state index is -0.279. The van der Waals surface area contributed by atoms with E-state index in [4.69, 9.17) is 4.98 Å². The molecule has 34 heavy (non-hydrogen) atoms. The van der Waals surface area contributed by atoms with Gasteiger partial charge in [0.2, 0.25) is 0 Å². The standard InChI is InChI=1S/C29H22N4O/c1-18-15-19(2)33-26-14-8-7-13-25(26)31-28(33)27(18)29(34)32-30-17-24-22-11-5-3-9-20(22)16-21-10-4-6-12-23(21)24/h3-17H,1-2H3,(H,32,34). The summed E-state index contributed by atoms with van der Waals surface area (Å²) < 4.78 is 2.03. The molecule has 0 saturated heterocycles. The predicted octanol–water partition coefficient (Wildman–Crippen LogP) is 6.17. The predicted molar refractivity (Wildman–Crippen MR) is 139 cm³/mol. The smallest absolute Gasteiger partial charge is 0.275 e. The number of hydrogen-bond acceptors (Lipinski definition) is 3. The quantitative estimate of drug-likeness (QED) is 0.202. The van der Waals surface area contributed by atoms with Gasteiger partial charge in [-0.25, -0.2) is 10.4 Å². The van der Waals surface area contributed by atoms with Gasteiger partial charge in [-0.2, -0.15) is 5.10 Å². The monoisotopic (exact) mass is 442 g/mol. The van der Waals surface area contributed by atoms with E-state index in [0.29, 0.717) is 11.2 Å². The highest BCUT2D eigenvalue weighted by Crippen LogP contribution is 2.27. The highest BCUT2D eigenvalue weighted by Gasteiger charge is 2.18. The van der Waals surface area contributed by atoms with Gasteiger partial charge in [-0.3, -0.25) is 9.20 Å². The van der Waals surface area contributed by atoms with Crippen molar-refractivity contribution in [2.24, 2.45) is 5.10 Å². The molecule has 0 fully saturated rings. The molecule has 0 radical (unpaired) electrons. The Morgan fingerprint density at radius 1 is 0.882 bits per heavy atom. The van der Waals surface area contributed by atoms with E-state index in [1.807, 2.05) is 72.8 Å². The number of rotatable bonds is 3. The first kappa shape index (κ1) is 20.1. The van der Waals surface area contributed by atoms with E-state index in [-0.39, 0.29) is 5.91 Å². The first-order chi connectivity index (χ1) is 16.6. The zero-order chi connectivity index (χ0) is 23.2. The van der Waals surface area contributed by atoms with Crippen molar-refractivity contribution < 1.29 is 4.79 Å². The van der Waals surface area contributed by atoms with Crippen molar-refractivity contribution in [2.75, 3.05) is 0 Å². The number of aryl methyl sites for hydroxylation is 2. The SMILES string of the molecule is Cc1cc(C)n2c(nc3ccccc32)c1C(=O)NN=Cc1c2ccccc2cc2ccccc12. The second-order valence-electron chi connectivity index (χ2n) is 8.53. The summed E-state index contributed by atoms with van der Waals surface area (Å²) in [4.78, 5) is 18.1. The third-order valence-electron chi connectivity index (χ3n) is 6.36. The number of para-hydroxylation sites is 2. The van der Waals surface area contributed by atoms with Gasteiger partial charge in [0.1, 0.15) is 0 Å². The Morgan fingerprint density at radius 3 is 2.26 bits per heavy atom. The number of pyridine rings is 1. The van der Waals surface area contributed by atoms with Gasteiger partial charge in [-0.15, -0.1) is 0 Å². The maximum absolute atomic E-state index is 13.3. The molecule has 2 aromatic heterocycles. The molecule has 0 aliphatic rings. The molecular formula is C29H22N4O. The molecule has 5 heteroatoms. The Morgan fingerprint density at radius 2 is 1.53 bits per heavy atom. The Kier molecular flexibility index (Phi) is 4.62. The van der Waals surface area contributed by atoms with Crippen molar-refractivity contribution in [3.05, 3.63) is 107 Å². The van der Waals surface area contributed by atoms with E-state index in [0.717, 1.165) is 49.4 Å². The lowest BCUT2D eigenvalue weighted by molar-refractivity contribution is 0.0955. The summed E-state index contributed by atoms with van der Waals surface area (Å²) in [7, 11) is 0. The summed E-state index contributed by atoms with van der Waals surface area (Å²) in [5.74, 6) is -0.279. The Bertz CT molecular complexity index is 1720. The third kappa shape index (κ3) is 3.13. The molecule has 5 nitrogen and oxygen atoms in total. The van der Waals surface area contributed by atoms with Crippen molar-refractivity contribution in [3.63, 3.8) is 0 Å². The Hall–Kier alpha value is -4.51. The summed E-state index contributed by atoms with van der Waals surface area (Å²) in [6.45, 7) is 3.96. The lowest BCUT2D eigenvalue weighted by Gasteiger charge is -2.10. The zero-order valence-electron chi connectivity index (χ0n) is 18.9. The van der Waals surface area contributed by atoms with Gasteiger partial charge in [0, 0.05) is 11.3 Å². The largest absolute Gasteiger partial charge is 0.296 e. The highest BCUT2D eigenvalue weighted by atomic mass is 16.2. The lowest BCUT2D eigenvalue weighted by atomic mass is 9.97. The van der Waals surface area contributed by atoms with Gasteiger partial charge in [-0.05, 0) is 65.2 Å². The van der Waals surface area contributed by atoms with Crippen LogP contribution in [0.2, 0.25) is 0 Å². The molecule has 0 saturated carbocycles. The van der Waals surface area contributed by atoms with Crippen molar-refractivity contribution in [2.45, 2.75) is 13.8 Å². The van der Waals surface area contributed by atoms with E-state index in [2.05, 4.69) is 40.9 Å². The molecular weight excluding hydrogens is 420 g/mol. The van der Waals surface area contributed by atoms with Crippen LogP contribution in [0.25, 0.3) is 38.2 Å². The highest BCUT2D eigenvalue weighted by molar-refractivity contribution is 6.13. The number of fused-ring (bicyclic) bond motifs is 5. The van der Waals surface area contributed by atoms with Gasteiger partial charge in [0.25, 0.3) is 5.91 Å².